The van der Waals surface area contributed by atoms with E-state index < -0.39 is 161 Å². The molecule has 4 aliphatic heterocycles. The Morgan fingerprint density at radius 2 is 1.27 bits per heavy atom. The quantitative estimate of drug-likeness (QED) is 0.183. The number of nitrogens with zero attached hydrogens (tertiary/aromatic N) is 9. The molecule has 102 heavy (non-hydrogen) atoms. The van der Waals surface area contributed by atoms with Gasteiger partial charge in [0, 0.05) is 88.0 Å². The van der Waals surface area contributed by atoms with E-state index in [1.165, 1.54) is 89.6 Å². The Labute approximate surface area is 605 Å². The van der Waals surface area contributed by atoms with Gasteiger partial charge in [-0.2, -0.15) is 13.2 Å². The number of carbonyl (C=O) groups excluding carboxylic acids is 12. The van der Waals surface area contributed by atoms with Gasteiger partial charge in [0.25, 0.3) is 0 Å². The minimum absolute atomic E-state index is 0.0226. The van der Waals surface area contributed by atoms with Crippen LogP contribution in [0.15, 0.2) is 18.2 Å². The molecule has 1 aliphatic carbocycles. The molecule has 0 spiro atoms. The zero-order chi connectivity index (χ0) is 75.6. The van der Waals surface area contributed by atoms with E-state index >= 15 is 0 Å². The summed E-state index contributed by atoms with van der Waals surface area (Å²) >= 11 is 6.11. The van der Waals surface area contributed by atoms with E-state index in [-0.39, 0.29) is 102 Å². The molecule has 1 saturated carbocycles. The summed E-state index contributed by atoms with van der Waals surface area (Å²) in [6.45, 7) is 13.1. The number of carbonyl (C=O) groups is 12. The Morgan fingerprint density at radius 1 is 0.618 bits per heavy atom. The average molecular weight is 1460 g/mol. The monoisotopic (exact) mass is 1460 g/mol. The molecule has 0 radical (unpaired) electrons. The molecular formula is C73H114ClF3N12O13. The zero-order valence-electron chi connectivity index (χ0n) is 62.4. The lowest BCUT2D eigenvalue weighted by molar-refractivity contribution is -0.160. The number of alkyl halides is 3. The summed E-state index contributed by atoms with van der Waals surface area (Å²) in [6, 6.07) is -7.62. The fourth-order valence-corrected chi connectivity index (χ4v) is 14.8. The SMILES string of the molecule is CC(C)CCOC[C@@H]1NC(=O)[C@H](CC(C)C)N(C)C(=O)C[C@@H](C(=O)N2CCCCC2)N(C)C(=O)[C@H](C(C)C)N(C)C(=O)CCCCNC(=O)[C@@H]2CCCN2C(=O)[C@H](CCc2ccc(C(F)(F)F)c(Cl)c2)NC(=O)CN(C)C(=O)[C@H](CC2CCCCC2)N(C)C(=O)[C@@H]2CCN2C(=O)[C@H](C)N(C)C1=O. The molecule has 5 fully saturated rings. The fraction of sp³-hybridized carbons (Fsp3) is 0.753. The average Bonchev–Trinajstić information content (AvgIpc) is 0.885. The number of likely N-dealkylation sites (tertiary alicyclic amines) is 1. The second-order valence-corrected chi connectivity index (χ2v) is 30.4. The van der Waals surface area contributed by atoms with Crippen LogP contribution in [0.1, 0.15) is 182 Å². The molecule has 0 aromatic heterocycles. The highest BCUT2D eigenvalue weighted by Gasteiger charge is 2.47. The molecule has 0 bridgehead atoms. The van der Waals surface area contributed by atoms with E-state index in [0.29, 0.717) is 50.8 Å². The molecule has 3 N–H and O–H groups in total. The first-order valence-corrected chi connectivity index (χ1v) is 37.2. The molecule has 1 aromatic carbocycles. The van der Waals surface area contributed by atoms with E-state index in [9.17, 15) is 70.7 Å². The highest BCUT2D eigenvalue weighted by molar-refractivity contribution is 6.31. The van der Waals surface area contributed by atoms with Crippen LogP contribution in [0.5, 0.6) is 0 Å². The van der Waals surface area contributed by atoms with E-state index in [4.69, 9.17) is 16.3 Å². The third-order valence-electron chi connectivity index (χ3n) is 21.1. The lowest BCUT2D eigenvalue weighted by atomic mass is 9.84. The molecule has 29 heteroatoms. The summed E-state index contributed by atoms with van der Waals surface area (Å²) in [6.07, 6.45) is 3.50. The topological polar surface area (TPSA) is 279 Å². The number of hydrogen-bond donors (Lipinski definition) is 3. The van der Waals surface area contributed by atoms with Crippen LogP contribution in [0.3, 0.4) is 0 Å². The molecule has 5 aliphatic rings. The molecular weight excluding hydrogens is 1350 g/mol. The molecule has 9 atom stereocenters. The van der Waals surface area contributed by atoms with Crippen molar-refractivity contribution in [3.05, 3.63) is 34.3 Å². The number of likely N-dealkylation sites (N-methyl/N-ethyl adjacent to an activating group) is 6. The number of nitrogens with one attached hydrogen (secondary N) is 3. The molecule has 25 nitrogen and oxygen atoms in total. The molecule has 572 valence electrons. The van der Waals surface area contributed by atoms with Gasteiger partial charge in [0.2, 0.25) is 70.9 Å². The predicted molar refractivity (Wildman–Crippen MR) is 377 cm³/mol. The maximum atomic E-state index is 15.0. The van der Waals surface area contributed by atoms with Crippen molar-refractivity contribution < 1.29 is 75.4 Å². The van der Waals surface area contributed by atoms with Gasteiger partial charge in [0.05, 0.1) is 30.2 Å². The minimum Gasteiger partial charge on any atom is -0.379 e. The molecule has 1 aromatic rings. The molecule has 6 rings (SSSR count). The summed E-state index contributed by atoms with van der Waals surface area (Å²) in [5.74, 6) is -7.68. The summed E-state index contributed by atoms with van der Waals surface area (Å²) in [4.78, 5) is 188. The van der Waals surface area contributed by atoms with Crippen LogP contribution in [0.4, 0.5) is 13.2 Å². The summed E-state index contributed by atoms with van der Waals surface area (Å²) in [7, 11) is 8.62. The van der Waals surface area contributed by atoms with Crippen molar-refractivity contribution in [1.29, 1.82) is 0 Å². The van der Waals surface area contributed by atoms with Crippen molar-refractivity contribution in [1.82, 2.24) is 60.0 Å². The van der Waals surface area contributed by atoms with E-state index in [1.54, 1.807) is 18.7 Å². The van der Waals surface area contributed by atoms with E-state index in [1.807, 2.05) is 27.7 Å². The highest BCUT2D eigenvalue weighted by Crippen LogP contribution is 2.36. The van der Waals surface area contributed by atoms with E-state index in [2.05, 4.69) is 16.0 Å². The Morgan fingerprint density at radius 3 is 1.88 bits per heavy atom. The van der Waals surface area contributed by atoms with Crippen molar-refractivity contribution in [3.63, 3.8) is 0 Å². The van der Waals surface area contributed by atoms with Crippen molar-refractivity contribution in [2.45, 2.75) is 237 Å². The van der Waals surface area contributed by atoms with Crippen molar-refractivity contribution in [2.24, 2.45) is 23.7 Å². The number of benzene rings is 1. The summed E-state index contributed by atoms with van der Waals surface area (Å²) in [5.41, 5.74) is -0.735. The summed E-state index contributed by atoms with van der Waals surface area (Å²) < 4.78 is 47.4. The number of ether oxygens (including phenoxy) is 1. The van der Waals surface area contributed by atoms with Crippen LogP contribution in [0, 0.1) is 23.7 Å². The van der Waals surface area contributed by atoms with Gasteiger partial charge < -0.3 is 64.8 Å². The lowest BCUT2D eigenvalue weighted by Crippen LogP contribution is -2.65. The Hall–Kier alpha value is -7.10. The third-order valence-corrected chi connectivity index (χ3v) is 21.4. The van der Waals surface area contributed by atoms with Gasteiger partial charge in [0.15, 0.2) is 0 Å². The first-order valence-electron chi connectivity index (χ1n) is 36.8. The van der Waals surface area contributed by atoms with Gasteiger partial charge in [-0.1, -0.05) is 91.3 Å². The third kappa shape index (κ3) is 22.5. The first kappa shape index (κ1) is 83.8. The van der Waals surface area contributed by atoms with Gasteiger partial charge in [0.1, 0.15) is 54.4 Å². The minimum atomic E-state index is -4.74. The van der Waals surface area contributed by atoms with Gasteiger partial charge in [-0.3, -0.25) is 57.5 Å². The number of amides is 12. The predicted octanol–water partition coefficient (Wildman–Crippen LogP) is 5.90. The number of hydrogen-bond acceptors (Lipinski definition) is 13. The van der Waals surface area contributed by atoms with Crippen LogP contribution < -0.4 is 16.0 Å². The van der Waals surface area contributed by atoms with Crippen molar-refractivity contribution in [2.75, 3.05) is 94.8 Å². The molecule has 4 saturated heterocycles. The van der Waals surface area contributed by atoms with Crippen LogP contribution in [0.2, 0.25) is 5.02 Å². The Kier molecular flexibility index (Phi) is 31.7. The zero-order valence-corrected chi connectivity index (χ0v) is 63.1. The molecule has 4 heterocycles. The second-order valence-electron chi connectivity index (χ2n) is 30.0. The Bertz CT molecular complexity index is 3110. The number of piperidine rings is 1. The Balaban J connectivity index is 1.36. The van der Waals surface area contributed by atoms with Gasteiger partial charge in [-0.25, -0.2) is 0 Å². The number of rotatable bonds is 14. The lowest BCUT2D eigenvalue weighted by Gasteiger charge is -2.45. The largest absolute Gasteiger partial charge is 0.417 e. The highest BCUT2D eigenvalue weighted by atomic mass is 35.5. The van der Waals surface area contributed by atoms with E-state index in [0.717, 1.165) is 55.6 Å². The normalized spacial score (nSPS) is 26.4. The number of aryl methyl sites for hydroxylation is 1. The maximum Gasteiger partial charge on any atom is 0.417 e. The van der Waals surface area contributed by atoms with Gasteiger partial charge in [-0.15, -0.1) is 0 Å². The standard InChI is InChI=1S/C73H114ClF3N12O13/c1-45(2)32-38-102-44-54-67(96)82(9)48(7)66(95)89-37-31-56(89)70(99)84(11)58(41-49-23-16-14-17-24-49)69(98)81(8)43-60(90)79-53(30-28-50-27-29-51(52(74)40-50)73(75,76)77)68(97)88-36-22-25-55(88)64(93)78-33-19-18-26-61(91)86(13)63(47(5)6)72(101)85(12)59(71(100)87-34-20-15-21-35-87)42-62(92)83(10)57(39-46(3)4)65(94)80-54/h27,29,40,45-49,53-59,63H,14-26,28,30-39,41-44H2,1-13H3,(H,78,93)(H,79,90)(H,80,94)/t48-,53-,54-,55-,56-,57-,58-,59-,63-/m0/s1. The van der Waals surface area contributed by atoms with Crippen LogP contribution in [0.25, 0.3) is 0 Å². The second kappa shape index (κ2) is 38.6. The van der Waals surface area contributed by atoms with Gasteiger partial charge >= 0.3 is 6.18 Å². The van der Waals surface area contributed by atoms with Crippen molar-refractivity contribution >= 4 is 82.5 Å². The van der Waals surface area contributed by atoms with Crippen LogP contribution in [-0.2, 0) is 74.9 Å². The summed E-state index contributed by atoms with van der Waals surface area (Å²) in [5, 5.41) is 7.92. The van der Waals surface area contributed by atoms with Crippen LogP contribution >= 0.6 is 11.6 Å². The number of fused-ring (bicyclic) bond motifs is 2. The fourth-order valence-electron chi connectivity index (χ4n) is 14.5. The number of halogens is 4. The van der Waals surface area contributed by atoms with Gasteiger partial charge in [-0.05, 0) is 132 Å². The first-order chi connectivity index (χ1) is 48.0. The van der Waals surface area contributed by atoms with Crippen LogP contribution in [-0.4, -0.2) is 264 Å². The smallest absolute Gasteiger partial charge is 0.379 e. The van der Waals surface area contributed by atoms with Crippen molar-refractivity contribution in [3.8, 4) is 0 Å². The molecule has 12 amide bonds. The maximum absolute atomic E-state index is 15.0. The molecule has 0 unspecified atom stereocenters.